The van der Waals surface area contributed by atoms with Gasteiger partial charge in [-0.25, -0.2) is 0 Å². The molecule has 0 spiro atoms. The lowest BCUT2D eigenvalue weighted by Crippen LogP contribution is -2.06. The quantitative estimate of drug-likeness (QED) is 0.818. The van der Waals surface area contributed by atoms with E-state index < -0.39 is 6.10 Å². The topological polar surface area (TPSA) is 47.9 Å². The van der Waals surface area contributed by atoms with Gasteiger partial charge in [-0.05, 0) is 13.0 Å². The van der Waals surface area contributed by atoms with Crippen molar-refractivity contribution in [2.24, 2.45) is 0 Å². The van der Waals surface area contributed by atoms with E-state index in [2.05, 4.69) is 0 Å². The fraction of sp³-hybridized carbons (Fsp3) is 0.455. The van der Waals surface area contributed by atoms with Crippen molar-refractivity contribution in [1.29, 1.82) is 0 Å². The Morgan fingerprint density at radius 2 is 2.27 bits per heavy atom. The third-order valence-corrected chi connectivity index (χ3v) is 2.29. The van der Waals surface area contributed by atoms with E-state index in [0.29, 0.717) is 23.7 Å². The summed E-state index contributed by atoms with van der Waals surface area (Å²) in [6, 6.07) is 3.72. The summed E-state index contributed by atoms with van der Waals surface area (Å²) in [4.78, 5) is 0. The number of hydrogen-bond acceptors (Lipinski definition) is 4. The number of ether oxygens (including phenoxy) is 3. The molecular formula is C11H14O4. The van der Waals surface area contributed by atoms with Crippen LogP contribution in [0.2, 0.25) is 0 Å². The molecular weight excluding hydrogens is 196 g/mol. The minimum Gasteiger partial charge on any atom is -0.492 e. The molecule has 1 heterocycles. The summed E-state index contributed by atoms with van der Waals surface area (Å²) < 4.78 is 15.8. The SMILES string of the molecule is COc1c(CC(C)O)ccc2c1OCO2. The van der Waals surface area contributed by atoms with Crippen molar-refractivity contribution in [2.75, 3.05) is 13.9 Å². The molecule has 2 rings (SSSR count). The third-order valence-electron chi connectivity index (χ3n) is 2.29. The molecule has 1 aromatic rings. The Bertz CT molecular complexity index is 360. The van der Waals surface area contributed by atoms with E-state index >= 15 is 0 Å². The Morgan fingerprint density at radius 1 is 1.47 bits per heavy atom. The molecule has 0 amide bonds. The first-order chi connectivity index (χ1) is 7.22. The summed E-state index contributed by atoms with van der Waals surface area (Å²) >= 11 is 0. The standard InChI is InChI=1S/C11H14O4/c1-7(12)5-8-3-4-9-11(10(8)13-2)15-6-14-9/h3-4,7,12H,5-6H2,1-2H3. The number of aliphatic hydroxyl groups excluding tert-OH is 1. The molecule has 0 bridgehead atoms. The predicted octanol–water partition coefficient (Wildman–Crippen LogP) is 1.35. The first kappa shape index (κ1) is 10.1. The molecule has 82 valence electrons. The second-order valence-corrected chi connectivity index (χ2v) is 3.54. The summed E-state index contributed by atoms with van der Waals surface area (Å²) in [7, 11) is 1.59. The molecule has 4 heteroatoms. The van der Waals surface area contributed by atoms with Gasteiger partial charge >= 0.3 is 0 Å². The zero-order valence-corrected chi connectivity index (χ0v) is 8.82. The van der Waals surface area contributed by atoms with Crippen molar-refractivity contribution in [3.63, 3.8) is 0 Å². The van der Waals surface area contributed by atoms with Crippen LogP contribution in [0, 0.1) is 0 Å². The van der Waals surface area contributed by atoms with Gasteiger partial charge in [-0.15, -0.1) is 0 Å². The van der Waals surface area contributed by atoms with Crippen LogP contribution in [0.3, 0.4) is 0 Å². The monoisotopic (exact) mass is 210 g/mol. The van der Waals surface area contributed by atoms with Gasteiger partial charge in [0.2, 0.25) is 12.5 Å². The van der Waals surface area contributed by atoms with Gasteiger partial charge in [-0.3, -0.25) is 0 Å². The second kappa shape index (κ2) is 3.98. The van der Waals surface area contributed by atoms with Crippen LogP contribution in [-0.2, 0) is 6.42 Å². The fourth-order valence-corrected chi connectivity index (χ4v) is 1.69. The summed E-state index contributed by atoms with van der Waals surface area (Å²) in [5, 5.41) is 9.35. The van der Waals surface area contributed by atoms with Crippen LogP contribution in [0.15, 0.2) is 12.1 Å². The molecule has 1 aliphatic heterocycles. The number of rotatable bonds is 3. The van der Waals surface area contributed by atoms with Gasteiger partial charge in [-0.1, -0.05) is 6.07 Å². The van der Waals surface area contributed by atoms with Crippen LogP contribution in [0.5, 0.6) is 17.2 Å². The Kier molecular flexibility index (Phi) is 2.68. The fourth-order valence-electron chi connectivity index (χ4n) is 1.69. The summed E-state index contributed by atoms with van der Waals surface area (Å²) in [5.41, 5.74) is 0.928. The Balaban J connectivity index is 2.39. The highest BCUT2D eigenvalue weighted by Gasteiger charge is 2.21. The van der Waals surface area contributed by atoms with E-state index in [1.54, 1.807) is 14.0 Å². The highest BCUT2D eigenvalue weighted by molar-refractivity contribution is 5.57. The highest BCUT2D eigenvalue weighted by atomic mass is 16.7. The van der Waals surface area contributed by atoms with Crippen LogP contribution in [0.1, 0.15) is 12.5 Å². The van der Waals surface area contributed by atoms with Crippen LogP contribution >= 0.6 is 0 Å². The zero-order valence-electron chi connectivity index (χ0n) is 8.82. The molecule has 0 radical (unpaired) electrons. The molecule has 0 aliphatic carbocycles. The molecule has 1 aliphatic rings. The number of aliphatic hydroxyl groups is 1. The maximum Gasteiger partial charge on any atom is 0.231 e. The lowest BCUT2D eigenvalue weighted by atomic mass is 10.1. The molecule has 1 atom stereocenters. The number of benzene rings is 1. The number of hydrogen-bond donors (Lipinski definition) is 1. The van der Waals surface area contributed by atoms with E-state index in [0.717, 1.165) is 5.56 Å². The molecule has 0 aromatic heterocycles. The first-order valence-electron chi connectivity index (χ1n) is 4.86. The van der Waals surface area contributed by atoms with Crippen LogP contribution in [-0.4, -0.2) is 25.1 Å². The molecule has 0 saturated heterocycles. The number of methoxy groups -OCH3 is 1. The molecule has 1 N–H and O–H groups in total. The Labute approximate surface area is 88.4 Å². The van der Waals surface area contributed by atoms with Crippen molar-refractivity contribution < 1.29 is 19.3 Å². The normalized spacial score (nSPS) is 15.1. The molecule has 1 aromatic carbocycles. The highest BCUT2D eigenvalue weighted by Crippen LogP contribution is 2.43. The minimum absolute atomic E-state index is 0.226. The van der Waals surface area contributed by atoms with E-state index in [-0.39, 0.29) is 6.79 Å². The van der Waals surface area contributed by atoms with Crippen molar-refractivity contribution in [3.05, 3.63) is 17.7 Å². The van der Waals surface area contributed by atoms with Gasteiger partial charge in [0.25, 0.3) is 0 Å². The zero-order chi connectivity index (χ0) is 10.8. The third kappa shape index (κ3) is 1.85. The van der Waals surface area contributed by atoms with E-state index in [1.165, 1.54) is 0 Å². The van der Waals surface area contributed by atoms with Gasteiger partial charge in [0, 0.05) is 12.0 Å². The first-order valence-corrected chi connectivity index (χ1v) is 4.86. The number of fused-ring (bicyclic) bond motifs is 1. The molecule has 1 unspecified atom stereocenters. The lowest BCUT2D eigenvalue weighted by molar-refractivity contribution is 0.170. The van der Waals surface area contributed by atoms with E-state index in [1.807, 2.05) is 12.1 Å². The van der Waals surface area contributed by atoms with Gasteiger partial charge in [0.15, 0.2) is 11.5 Å². The molecule has 0 fully saturated rings. The maximum atomic E-state index is 9.35. The van der Waals surface area contributed by atoms with Gasteiger partial charge < -0.3 is 19.3 Å². The predicted molar refractivity (Wildman–Crippen MR) is 54.5 cm³/mol. The Hall–Kier alpha value is -1.42. The molecule has 4 nitrogen and oxygen atoms in total. The van der Waals surface area contributed by atoms with Crippen LogP contribution < -0.4 is 14.2 Å². The maximum absolute atomic E-state index is 9.35. The smallest absolute Gasteiger partial charge is 0.231 e. The van der Waals surface area contributed by atoms with E-state index in [9.17, 15) is 5.11 Å². The van der Waals surface area contributed by atoms with Crippen molar-refractivity contribution in [2.45, 2.75) is 19.4 Å². The van der Waals surface area contributed by atoms with Crippen LogP contribution in [0.25, 0.3) is 0 Å². The summed E-state index contributed by atoms with van der Waals surface area (Å²) in [6.45, 7) is 1.97. The largest absolute Gasteiger partial charge is 0.492 e. The second-order valence-electron chi connectivity index (χ2n) is 3.54. The Morgan fingerprint density at radius 3 is 2.93 bits per heavy atom. The average Bonchev–Trinajstić information content (AvgIpc) is 2.64. The minimum atomic E-state index is -0.403. The molecule has 15 heavy (non-hydrogen) atoms. The lowest BCUT2D eigenvalue weighted by Gasteiger charge is -2.12. The van der Waals surface area contributed by atoms with Crippen molar-refractivity contribution in [3.8, 4) is 17.2 Å². The summed E-state index contributed by atoms with van der Waals surface area (Å²) in [5.74, 6) is 1.99. The van der Waals surface area contributed by atoms with Crippen LogP contribution in [0.4, 0.5) is 0 Å². The van der Waals surface area contributed by atoms with Gasteiger partial charge in [0.1, 0.15) is 0 Å². The summed E-state index contributed by atoms with van der Waals surface area (Å²) in [6.07, 6.45) is 0.138. The van der Waals surface area contributed by atoms with Crippen molar-refractivity contribution >= 4 is 0 Å². The average molecular weight is 210 g/mol. The van der Waals surface area contributed by atoms with Gasteiger partial charge in [-0.2, -0.15) is 0 Å². The van der Waals surface area contributed by atoms with Gasteiger partial charge in [0.05, 0.1) is 13.2 Å². The molecule has 0 saturated carbocycles. The van der Waals surface area contributed by atoms with Crippen molar-refractivity contribution in [1.82, 2.24) is 0 Å². The van der Waals surface area contributed by atoms with E-state index in [4.69, 9.17) is 14.2 Å².